The van der Waals surface area contributed by atoms with Crippen LogP contribution >= 0.6 is 0 Å². The Morgan fingerprint density at radius 2 is 2.00 bits per heavy atom. The lowest BCUT2D eigenvalue weighted by molar-refractivity contribution is 0.797. The van der Waals surface area contributed by atoms with E-state index in [1.807, 2.05) is 48.1 Å². The van der Waals surface area contributed by atoms with Gasteiger partial charge in [0.15, 0.2) is 5.65 Å². The second-order valence-electron chi connectivity index (χ2n) is 6.08. The Balaban J connectivity index is 1.74. The Morgan fingerprint density at radius 1 is 1.08 bits per heavy atom. The molecule has 7 heteroatoms. The third kappa shape index (κ3) is 2.14. The molecule has 4 aromatic heterocycles. The minimum absolute atomic E-state index is 0.168. The summed E-state index contributed by atoms with van der Waals surface area (Å²) in [5, 5.41) is 8.22. The van der Waals surface area contributed by atoms with Crippen molar-refractivity contribution in [2.75, 3.05) is 0 Å². The molecule has 126 valence electrons. The molecule has 0 saturated heterocycles. The molecule has 0 aliphatic carbocycles. The van der Waals surface area contributed by atoms with E-state index in [0.29, 0.717) is 11.3 Å². The lowest BCUT2D eigenvalue weighted by Crippen LogP contribution is -2.14. The summed E-state index contributed by atoms with van der Waals surface area (Å²) in [6.07, 6.45) is 5.27. The molecular formula is C19H14N6O. The molecule has 0 radical (unpaired) electrons. The number of nitrogens with zero attached hydrogens (tertiary/aromatic N) is 5. The molecule has 26 heavy (non-hydrogen) atoms. The molecule has 0 aliphatic heterocycles. The van der Waals surface area contributed by atoms with Crippen LogP contribution in [-0.2, 0) is 7.05 Å². The molecular weight excluding hydrogens is 328 g/mol. The molecule has 0 atom stereocenters. The minimum Gasteiger partial charge on any atom is -0.296 e. The van der Waals surface area contributed by atoms with Crippen LogP contribution in [0.5, 0.6) is 0 Å². The average molecular weight is 342 g/mol. The molecule has 5 rings (SSSR count). The van der Waals surface area contributed by atoms with Crippen molar-refractivity contribution in [2.24, 2.45) is 7.05 Å². The summed E-state index contributed by atoms with van der Waals surface area (Å²) < 4.78 is 3.24. The lowest BCUT2D eigenvalue weighted by Gasteiger charge is -2.04. The standard InChI is InChI=1S/C19H14N6O/c1-24-17-6-5-12(8-13(17)10-21-24)16-9-18(26)25-19(23-16)14(11-22-25)15-4-2-3-7-20-15/h2-11,22H,1H3. The molecule has 7 nitrogen and oxygen atoms in total. The van der Waals surface area contributed by atoms with Crippen molar-refractivity contribution in [1.82, 2.24) is 29.4 Å². The summed E-state index contributed by atoms with van der Waals surface area (Å²) in [6, 6.07) is 13.1. The van der Waals surface area contributed by atoms with Crippen molar-refractivity contribution >= 4 is 16.6 Å². The zero-order chi connectivity index (χ0) is 17.7. The van der Waals surface area contributed by atoms with Crippen molar-refractivity contribution in [2.45, 2.75) is 0 Å². The number of benzene rings is 1. The SMILES string of the molecule is Cn1ncc2cc(-c3cc(=O)n4[nH]cc(-c5ccccn5)c4n3)ccc21. The van der Waals surface area contributed by atoms with Crippen molar-refractivity contribution in [1.29, 1.82) is 0 Å². The number of aromatic amines is 1. The molecule has 0 bridgehead atoms. The van der Waals surface area contributed by atoms with E-state index >= 15 is 0 Å². The molecule has 5 aromatic rings. The zero-order valence-corrected chi connectivity index (χ0v) is 13.9. The van der Waals surface area contributed by atoms with Gasteiger partial charge in [-0.2, -0.15) is 5.10 Å². The summed E-state index contributed by atoms with van der Waals surface area (Å²) in [7, 11) is 1.90. The van der Waals surface area contributed by atoms with E-state index in [4.69, 9.17) is 4.98 Å². The number of aryl methyl sites for hydroxylation is 1. The second-order valence-corrected chi connectivity index (χ2v) is 6.08. The van der Waals surface area contributed by atoms with E-state index < -0.39 is 0 Å². The van der Waals surface area contributed by atoms with Crippen molar-refractivity contribution in [3.8, 4) is 22.5 Å². The number of H-pyrrole nitrogens is 1. The first kappa shape index (κ1) is 14.6. The van der Waals surface area contributed by atoms with Crippen molar-refractivity contribution in [3.63, 3.8) is 0 Å². The van der Waals surface area contributed by atoms with E-state index in [9.17, 15) is 4.79 Å². The number of nitrogens with one attached hydrogen (secondary N) is 1. The Bertz CT molecular complexity index is 1310. The number of aromatic nitrogens is 6. The van der Waals surface area contributed by atoms with Crippen molar-refractivity contribution in [3.05, 3.63) is 71.4 Å². The normalized spacial score (nSPS) is 11.4. The molecule has 0 unspecified atom stereocenters. The molecule has 1 aromatic carbocycles. The van der Waals surface area contributed by atoms with E-state index in [1.54, 1.807) is 18.6 Å². The van der Waals surface area contributed by atoms with Gasteiger partial charge in [0.1, 0.15) is 0 Å². The van der Waals surface area contributed by atoms with Gasteiger partial charge in [-0.1, -0.05) is 12.1 Å². The highest BCUT2D eigenvalue weighted by molar-refractivity contribution is 5.84. The highest BCUT2D eigenvalue weighted by Gasteiger charge is 2.13. The molecule has 4 heterocycles. The highest BCUT2D eigenvalue weighted by atomic mass is 16.1. The van der Waals surface area contributed by atoms with Gasteiger partial charge in [-0.25, -0.2) is 9.50 Å². The largest absolute Gasteiger partial charge is 0.296 e. The number of rotatable bonds is 2. The quantitative estimate of drug-likeness (QED) is 0.535. The third-order valence-electron chi connectivity index (χ3n) is 4.48. The minimum atomic E-state index is -0.168. The molecule has 0 fully saturated rings. The Labute approximate surface area is 147 Å². The zero-order valence-electron chi connectivity index (χ0n) is 13.9. The number of pyridine rings is 1. The first-order valence-corrected chi connectivity index (χ1v) is 8.15. The first-order chi connectivity index (χ1) is 12.7. The summed E-state index contributed by atoms with van der Waals surface area (Å²) >= 11 is 0. The van der Waals surface area contributed by atoms with E-state index in [1.165, 1.54) is 10.6 Å². The maximum Gasteiger partial charge on any atom is 0.273 e. The smallest absolute Gasteiger partial charge is 0.273 e. The lowest BCUT2D eigenvalue weighted by atomic mass is 10.1. The second kappa shape index (κ2) is 5.38. The van der Waals surface area contributed by atoms with Crippen LogP contribution in [0.2, 0.25) is 0 Å². The summed E-state index contributed by atoms with van der Waals surface area (Å²) in [5.74, 6) is 0. The molecule has 0 aliphatic rings. The summed E-state index contributed by atoms with van der Waals surface area (Å²) in [6.45, 7) is 0. The van der Waals surface area contributed by atoms with Gasteiger partial charge in [-0.05, 0) is 24.3 Å². The third-order valence-corrected chi connectivity index (χ3v) is 4.48. The Morgan fingerprint density at radius 3 is 2.85 bits per heavy atom. The molecule has 0 saturated carbocycles. The van der Waals surface area contributed by atoms with E-state index in [-0.39, 0.29) is 5.56 Å². The van der Waals surface area contributed by atoms with Crippen LogP contribution in [0.15, 0.2) is 65.8 Å². The van der Waals surface area contributed by atoms with E-state index in [0.717, 1.165) is 27.7 Å². The summed E-state index contributed by atoms with van der Waals surface area (Å²) in [4.78, 5) is 21.6. The van der Waals surface area contributed by atoms with Gasteiger partial charge in [0.05, 0.1) is 28.7 Å². The van der Waals surface area contributed by atoms with Gasteiger partial charge in [-0.15, -0.1) is 0 Å². The molecule has 0 spiro atoms. The van der Waals surface area contributed by atoms with Gasteiger partial charge in [0, 0.05) is 36.5 Å². The van der Waals surface area contributed by atoms with Crippen LogP contribution in [0.4, 0.5) is 0 Å². The number of hydrogen-bond acceptors (Lipinski definition) is 4. The van der Waals surface area contributed by atoms with E-state index in [2.05, 4.69) is 15.2 Å². The Kier molecular flexibility index (Phi) is 3.02. The fourth-order valence-corrected chi connectivity index (χ4v) is 3.16. The van der Waals surface area contributed by atoms with Gasteiger partial charge >= 0.3 is 0 Å². The topological polar surface area (TPSA) is 80.9 Å². The van der Waals surface area contributed by atoms with Gasteiger partial charge in [0.2, 0.25) is 0 Å². The van der Waals surface area contributed by atoms with Crippen LogP contribution in [-0.4, -0.2) is 29.4 Å². The average Bonchev–Trinajstić information content (AvgIpc) is 3.26. The maximum atomic E-state index is 12.5. The fraction of sp³-hybridized carbons (Fsp3) is 0.0526. The van der Waals surface area contributed by atoms with Crippen LogP contribution in [0.1, 0.15) is 0 Å². The number of hydrogen-bond donors (Lipinski definition) is 1. The Hall–Kier alpha value is -3.74. The molecule has 1 N–H and O–H groups in total. The van der Waals surface area contributed by atoms with Crippen LogP contribution in [0, 0.1) is 0 Å². The monoisotopic (exact) mass is 342 g/mol. The summed E-state index contributed by atoms with van der Waals surface area (Å²) in [5.41, 5.74) is 4.46. The van der Waals surface area contributed by atoms with Gasteiger partial charge in [-0.3, -0.25) is 19.6 Å². The highest BCUT2D eigenvalue weighted by Crippen LogP contribution is 2.25. The van der Waals surface area contributed by atoms with Crippen LogP contribution < -0.4 is 5.56 Å². The first-order valence-electron chi connectivity index (χ1n) is 8.15. The van der Waals surface area contributed by atoms with Gasteiger partial charge in [0.25, 0.3) is 5.56 Å². The molecule has 0 amide bonds. The van der Waals surface area contributed by atoms with Crippen LogP contribution in [0.25, 0.3) is 39.1 Å². The van der Waals surface area contributed by atoms with Gasteiger partial charge < -0.3 is 0 Å². The number of fused-ring (bicyclic) bond motifs is 2. The fourth-order valence-electron chi connectivity index (χ4n) is 3.16. The predicted molar refractivity (Wildman–Crippen MR) is 98.8 cm³/mol. The van der Waals surface area contributed by atoms with Crippen molar-refractivity contribution < 1.29 is 0 Å². The van der Waals surface area contributed by atoms with Crippen LogP contribution in [0.3, 0.4) is 0 Å². The maximum absolute atomic E-state index is 12.5. The predicted octanol–water partition coefficient (Wildman–Crippen LogP) is 2.64.